The van der Waals surface area contributed by atoms with E-state index in [0.717, 1.165) is 69.7 Å². The molecule has 2 aromatic rings. The topological polar surface area (TPSA) is 80.3 Å². The summed E-state index contributed by atoms with van der Waals surface area (Å²) < 4.78 is 2.03. The number of aromatic nitrogens is 3. The van der Waals surface area contributed by atoms with Gasteiger partial charge in [-0.2, -0.15) is 5.10 Å². The number of nitrogens with zero attached hydrogens (tertiary/aromatic N) is 5. The molecular formula is C22H32N6O. The minimum absolute atomic E-state index is 0.145. The number of nitrogens with two attached hydrogens (primary N) is 1. The van der Waals surface area contributed by atoms with E-state index in [2.05, 4.69) is 38.9 Å². The number of likely N-dealkylation sites (tertiary alicyclic amines) is 1. The average molecular weight is 397 g/mol. The van der Waals surface area contributed by atoms with E-state index in [1.807, 2.05) is 23.3 Å². The second kappa shape index (κ2) is 8.95. The van der Waals surface area contributed by atoms with E-state index in [-0.39, 0.29) is 5.92 Å². The molecule has 4 heterocycles. The summed E-state index contributed by atoms with van der Waals surface area (Å²) in [7, 11) is 0. The first kappa shape index (κ1) is 19.9. The second-order valence-corrected chi connectivity index (χ2v) is 8.23. The Labute approximate surface area is 172 Å². The normalized spacial score (nSPS) is 19.0. The Balaban J connectivity index is 1.26. The first-order valence-corrected chi connectivity index (χ1v) is 10.9. The predicted octanol–water partition coefficient (Wildman–Crippen LogP) is 2.38. The minimum Gasteiger partial charge on any atom is -0.357 e. The number of pyridine rings is 1. The quantitative estimate of drug-likeness (QED) is 0.839. The summed E-state index contributed by atoms with van der Waals surface area (Å²) in [6.07, 6.45) is 10.6. The fraction of sp³-hybridized carbons (Fsp3) is 0.591. The first-order valence-electron chi connectivity index (χ1n) is 10.9. The van der Waals surface area contributed by atoms with Gasteiger partial charge in [-0.05, 0) is 43.7 Å². The van der Waals surface area contributed by atoms with Crippen molar-refractivity contribution in [3.63, 3.8) is 0 Å². The molecule has 0 aliphatic carbocycles. The standard InChI is InChI=1S/C22H32N6O/c1-2-17-3-4-21(24-14-17)26-9-5-19(6-10-26)22(29)27-11-7-20(8-12-27)28-16-18(13-23)15-25-28/h3-4,14-16,19-20H,2,5-13,23H2,1H3. The van der Waals surface area contributed by atoms with Gasteiger partial charge in [0.2, 0.25) is 5.91 Å². The summed E-state index contributed by atoms with van der Waals surface area (Å²) in [5, 5.41) is 4.44. The van der Waals surface area contributed by atoms with Gasteiger partial charge in [-0.25, -0.2) is 4.98 Å². The molecule has 2 saturated heterocycles. The molecule has 0 bridgehead atoms. The van der Waals surface area contributed by atoms with Crippen LogP contribution < -0.4 is 10.6 Å². The van der Waals surface area contributed by atoms with Crippen LogP contribution in [0, 0.1) is 5.92 Å². The summed E-state index contributed by atoms with van der Waals surface area (Å²) in [4.78, 5) is 22.0. The number of carbonyl (C=O) groups excluding carboxylic acids is 1. The third-order valence-electron chi connectivity index (χ3n) is 6.43. The Morgan fingerprint density at radius 1 is 1.07 bits per heavy atom. The second-order valence-electron chi connectivity index (χ2n) is 8.23. The van der Waals surface area contributed by atoms with Crippen molar-refractivity contribution < 1.29 is 4.79 Å². The zero-order valence-corrected chi connectivity index (χ0v) is 17.3. The molecule has 0 aromatic carbocycles. The molecule has 0 spiro atoms. The van der Waals surface area contributed by atoms with Crippen molar-refractivity contribution in [1.29, 1.82) is 0 Å². The molecule has 156 valence electrons. The SMILES string of the molecule is CCc1ccc(N2CCC(C(=O)N3CCC(n4cc(CN)cn4)CC3)CC2)nc1. The third kappa shape index (κ3) is 4.45. The lowest BCUT2D eigenvalue weighted by atomic mass is 9.93. The van der Waals surface area contributed by atoms with E-state index in [0.29, 0.717) is 18.5 Å². The maximum absolute atomic E-state index is 13.0. The van der Waals surface area contributed by atoms with Crippen LogP contribution in [0.2, 0.25) is 0 Å². The van der Waals surface area contributed by atoms with Crippen LogP contribution >= 0.6 is 0 Å². The maximum Gasteiger partial charge on any atom is 0.225 e. The largest absolute Gasteiger partial charge is 0.357 e. The van der Waals surface area contributed by atoms with Gasteiger partial charge in [0.05, 0.1) is 12.2 Å². The number of carbonyl (C=O) groups is 1. The lowest BCUT2D eigenvalue weighted by Gasteiger charge is -2.37. The molecule has 2 N–H and O–H groups in total. The van der Waals surface area contributed by atoms with Crippen LogP contribution in [0.4, 0.5) is 5.82 Å². The molecule has 2 fully saturated rings. The smallest absolute Gasteiger partial charge is 0.225 e. The van der Waals surface area contributed by atoms with Crippen LogP contribution in [-0.4, -0.2) is 51.8 Å². The van der Waals surface area contributed by atoms with Gasteiger partial charge in [0.1, 0.15) is 5.82 Å². The number of piperidine rings is 2. The summed E-state index contributed by atoms with van der Waals surface area (Å²) in [5.41, 5.74) is 8.01. The van der Waals surface area contributed by atoms with Gasteiger partial charge in [-0.1, -0.05) is 13.0 Å². The average Bonchev–Trinajstić information content (AvgIpc) is 3.28. The van der Waals surface area contributed by atoms with Crippen LogP contribution in [0.3, 0.4) is 0 Å². The summed E-state index contributed by atoms with van der Waals surface area (Å²) >= 11 is 0. The Morgan fingerprint density at radius 3 is 2.41 bits per heavy atom. The molecule has 0 saturated carbocycles. The highest BCUT2D eigenvalue weighted by Gasteiger charge is 2.31. The van der Waals surface area contributed by atoms with Crippen molar-refractivity contribution in [2.75, 3.05) is 31.1 Å². The number of aryl methyl sites for hydroxylation is 1. The van der Waals surface area contributed by atoms with E-state index >= 15 is 0 Å². The number of hydrogen-bond acceptors (Lipinski definition) is 5. The van der Waals surface area contributed by atoms with Gasteiger partial charge in [-0.15, -0.1) is 0 Å². The van der Waals surface area contributed by atoms with E-state index in [4.69, 9.17) is 5.73 Å². The van der Waals surface area contributed by atoms with Crippen molar-refractivity contribution in [3.8, 4) is 0 Å². The summed E-state index contributed by atoms with van der Waals surface area (Å²) in [6.45, 7) is 6.11. The highest BCUT2D eigenvalue weighted by atomic mass is 16.2. The van der Waals surface area contributed by atoms with Crippen molar-refractivity contribution in [2.24, 2.45) is 11.7 Å². The Hall–Kier alpha value is -2.41. The molecule has 0 radical (unpaired) electrons. The van der Waals surface area contributed by atoms with Crippen LogP contribution in [0.5, 0.6) is 0 Å². The number of rotatable bonds is 5. The zero-order valence-electron chi connectivity index (χ0n) is 17.3. The Morgan fingerprint density at radius 2 is 1.83 bits per heavy atom. The van der Waals surface area contributed by atoms with Gasteiger partial charge >= 0.3 is 0 Å². The number of hydrogen-bond donors (Lipinski definition) is 1. The van der Waals surface area contributed by atoms with Gasteiger partial charge in [0.15, 0.2) is 0 Å². The Bertz CT molecular complexity index is 801. The zero-order chi connectivity index (χ0) is 20.2. The van der Waals surface area contributed by atoms with Crippen LogP contribution in [0.1, 0.15) is 49.8 Å². The number of anilines is 1. The molecule has 7 nitrogen and oxygen atoms in total. The molecular weight excluding hydrogens is 364 g/mol. The van der Waals surface area contributed by atoms with Crippen molar-refractivity contribution in [1.82, 2.24) is 19.7 Å². The summed E-state index contributed by atoms with van der Waals surface area (Å²) in [6, 6.07) is 4.63. The fourth-order valence-corrected chi connectivity index (χ4v) is 4.46. The highest BCUT2D eigenvalue weighted by Crippen LogP contribution is 2.27. The van der Waals surface area contributed by atoms with Crippen LogP contribution in [0.15, 0.2) is 30.7 Å². The molecule has 2 aliphatic heterocycles. The highest BCUT2D eigenvalue weighted by molar-refractivity contribution is 5.79. The van der Waals surface area contributed by atoms with E-state index in [1.165, 1.54) is 5.56 Å². The van der Waals surface area contributed by atoms with E-state index in [1.54, 1.807) is 0 Å². The molecule has 0 unspecified atom stereocenters. The van der Waals surface area contributed by atoms with Gasteiger partial charge < -0.3 is 15.5 Å². The Kier molecular flexibility index (Phi) is 6.13. The monoisotopic (exact) mass is 396 g/mol. The molecule has 1 amide bonds. The van der Waals surface area contributed by atoms with Crippen LogP contribution in [-0.2, 0) is 17.8 Å². The van der Waals surface area contributed by atoms with Crippen molar-refractivity contribution in [3.05, 3.63) is 41.9 Å². The fourth-order valence-electron chi connectivity index (χ4n) is 4.46. The van der Waals surface area contributed by atoms with Crippen LogP contribution in [0.25, 0.3) is 0 Å². The first-order chi connectivity index (χ1) is 14.2. The molecule has 7 heteroatoms. The van der Waals surface area contributed by atoms with Gasteiger partial charge in [0, 0.05) is 56.6 Å². The molecule has 2 aromatic heterocycles. The minimum atomic E-state index is 0.145. The molecule has 2 aliphatic rings. The van der Waals surface area contributed by atoms with Crippen molar-refractivity contribution in [2.45, 2.75) is 51.6 Å². The predicted molar refractivity (Wildman–Crippen MR) is 114 cm³/mol. The van der Waals surface area contributed by atoms with Gasteiger partial charge in [0.25, 0.3) is 0 Å². The lowest BCUT2D eigenvalue weighted by molar-refractivity contribution is -0.137. The van der Waals surface area contributed by atoms with E-state index < -0.39 is 0 Å². The third-order valence-corrected chi connectivity index (χ3v) is 6.43. The molecule has 0 atom stereocenters. The molecule has 4 rings (SSSR count). The van der Waals surface area contributed by atoms with Crippen molar-refractivity contribution >= 4 is 11.7 Å². The summed E-state index contributed by atoms with van der Waals surface area (Å²) in [5.74, 6) is 1.51. The lowest BCUT2D eigenvalue weighted by Crippen LogP contribution is -2.45. The molecule has 29 heavy (non-hydrogen) atoms. The maximum atomic E-state index is 13.0. The van der Waals surface area contributed by atoms with Gasteiger partial charge in [-0.3, -0.25) is 9.48 Å². The van der Waals surface area contributed by atoms with E-state index in [9.17, 15) is 4.79 Å². The number of amides is 1.